The molecule has 0 amide bonds. The van der Waals surface area contributed by atoms with E-state index in [2.05, 4.69) is 27.4 Å². The Morgan fingerprint density at radius 1 is 1.04 bits per heavy atom. The predicted molar refractivity (Wildman–Crippen MR) is 96.2 cm³/mol. The van der Waals surface area contributed by atoms with E-state index in [1.54, 1.807) is 11.8 Å². The Labute approximate surface area is 151 Å². The van der Waals surface area contributed by atoms with Crippen molar-refractivity contribution in [1.29, 1.82) is 0 Å². The van der Waals surface area contributed by atoms with Crippen LogP contribution in [0.3, 0.4) is 0 Å². The average molecular weight is 368 g/mol. The standard InChI is InChI=1S/C17H12N4O2S2/c1-2-4-12(5-3-1)24-9-15-18-19-17-21(15)20-16(25-17)11-6-7-13-14(8-11)23-10-22-13/h1-8H,9-10H2. The second kappa shape index (κ2) is 6.05. The van der Waals surface area contributed by atoms with Crippen LogP contribution in [0.1, 0.15) is 5.82 Å². The SMILES string of the molecule is c1ccc(SCc2nnc3sc(-c4ccc5c(c4)OCO5)nn23)cc1. The minimum Gasteiger partial charge on any atom is -0.454 e. The van der Waals surface area contributed by atoms with Crippen LogP contribution >= 0.6 is 23.1 Å². The lowest BCUT2D eigenvalue weighted by atomic mass is 10.2. The van der Waals surface area contributed by atoms with Gasteiger partial charge in [0, 0.05) is 10.5 Å². The van der Waals surface area contributed by atoms with Gasteiger partial charge in [0.25, 0.3) is 0 Å². The highest BCUT2D eigenvalue weighted by Crippen LogP contribution is 2.37. The lowest BCUT2D eigenvalue weighted by Crippen LogP contribution is -1.94. The summed E-state index contributed by atoms with van der Waals surface area (Å²) in [4.78, 5) is 1.99. The van der Waals surface area contributed by atoms with Crippen LogP contribution in [0.25, 0.3) is 15.5 Å². The van der Waals surface area contributed by atoms with Gasteiger partial charge < -0.3 is 9.47 Å². The van der Waals surface area contributed by atoms with Crippen molar-refractivity contribution in [3.63, 3.8) is 0 Å². The fourth-order valence-electron chi connectivity index (χ4n) is 2.56. The fraction of sp³-hybridized carbons (Fsp3) is 0.118. The third-order valence-corrected chi connectivity index (χ3v) is 5.74. The number of rotatable bonds is 4. The van der Waals surface area contributed by atoms with Crippen molar-refractivity contribution >= 4 is 28.1 Å². The number of thioether (sulfide) groups is 1. The Morgan fingerprint density at radius 3 is 2.84 bits per heavy atom. The zero-order valence-electron chi connectivity index (χ0n) is 13.0. The molecule has 0 atom stereocenters. The number of fused-ring (bicyclic) bond motifs is 2. The number of benzene rings is 2. The predicted octanol–water partition coefficient (Wildman–Crippen LogP) is 3.87. The first-order valence-corrected chi connectivity index (χ1v) is 9.46. The Balaban J connectivity index is 1.43. The molecular weight excluding hydrogens is 356 g/mol. The molecule has 124 valence electrons. The first-order valence-electron chi connectivity index (χ1n) is 7.66. The van der Waals surface area contributed by atoms with Crippen LogP contribution in [-0.2, 0) is 5.75 Å². The van der Waals surface area contributed by atoms with Crippen molar-refractivity contribution in [1.82, 2.24) is 19.8 Å². The molecule has 6 nitrogen and oxygen atoms in total. The zero-order chi connectivity index (χ0) is 16.6. The topological polar surface area (TPSA) is 61.5 Å². The first-order chi connectivity index (χ1) is 12.4. The van der Waals surface area contributed by atoms with Crippen molar-refractivity contribution in [3.8, 4) is 22.1 Å². The highest BCUT2D eigenvalue weighted by Gasteiger charge is 2.17. The summed E-state index contributed by atoms with van der Waals surface area (Å²) in [6.45, 7) is 0.269. The maximum atomic E-state index is 5.44. The van der Waals surface area contributed by atoms with Crippen molar-refractivity contribution in [3.05, 3.63) is 54.4 Å². The van der Waals surface area contributed by atoms with Crippen molar-refractivity contribution < 1.29 is 9.47 Å². The zero-order valence-corrected chi connectivity index (χ0v) is 14.6. The Kier molecular flexibility index (Phi) is 3.57. The van der Waals surface area contributed by atoms with Crippen LogP contribution in [0.5, 0.6) is 11.5 Å². The van der Waals surface area contributed by atoms with Gasteiger partial charge in [-0.3, -0.25) is 0 Å². The number of aromatic nitrogens is 4. The van der Waals surface area contributed by atoms with Gasteiger partial charge in [0.1, 0.15) is 5.01 Å². The summed E-state index contributed by atoms with van der Waals surface area (Å²) in [6.07, 6.45) is 0. The molecule has 3 heterocycles. The van der Waals surface area contributed by atoms with Gasteiger partial charge in [-0.05, 0) is 30.3 Å². The number of hydrogen-bond donors (Lipinski definition) is 0. The van der Waals surface area contributed by atoms with E-state index < -0.39 is 0 Å². The Morgan fingerprint density at radius 2 is 1.92 bits per heavy atom. The van der Waals surface area contributed by atoms with Crippen LogP contribution in [0.4, 0.5) is 0 Å². The third kappa shape index (κ3) is 2.73. The largest absolute Gasteiger partial charge is 0.454 e. The maximum Gasteiger partial charge on any atom is 0.235 e. The van der Waals surface area contributed by atoms with Crippen LogP contribution in [-0.4, -0.2) is 26.6 Å². The second-order valence-corrected chi connectivity index (χ2v) is 7.39. The molecule has 0 fully saturated rings. The van der Waals surface area contributed by atoms with Crippen LogP contribution in [0, 0.1) is 0 Å². The van der Waals surface area contributed by atoms with E-state index >= 15 is 0 Å². The highest BCUT2D eigenvalue weighted by molar-refractivity contribution is 7.98. The van der Waals surface area contributed by atoms with Gasteiger partial charge in [0.2, 0.25) is 11.8 Å². The quantitative estimate of drug-likeness (QED) is 0.510. The van der Waals surface area contributed by atoms with E-state index in [9.17, 15) is 0 Å². The monoisotopic (exact) mass is 368 g/mol. The summed E-state index contributed by atoms with van der Waals surface area (Å²) >= 11 is 3.23. The highest BCUT2D eigenvalue weighted by atomic mass is 32.2. The molecule has 25 heavy (non-hydrogen) atoms. The van der Waals surface area contributed by atoms with Crippen molar-refractivity contribution in [2.75, 3.05) is 6.79 Å². The molecule has 0 radical (unpaired) electrons. The van der Waals surface area contributed by atoms with E-state index in [1.165, 1.54) is 16.2 Å². The molecular formula is C17H12N4O2S2. The lowest BCUT2D eigenvalue weighted by Gasteiger charge is -1.99. The smallest absolute Gasteiger partial charge is 0.235 e. The molecule has 0 saturated carbocycles. The maximum absolute atomic E-state index is 5.44. The summed E-state index contributed by atoms with van der Waals surface area (Å²) in [5, 5.41) is 14.1. The van der Waals surface area contributed by atoms with Gasteiger partial charge >= 0.3 is 0 Å². The Bertz CT molecular complexity index is 1050. The normalized spacial score (nSPS) is 12.8. The number of nitrogens with zero attached hydrogens (tertiary/aromatic N) is 4. The number of hydrogen-bond acceptors (Lipinski definition) is 7. The summed E-state index contributed by atoms with van der Waals surface area (Å²) < 4.78 is 12.6. The second-order valence-electron chi connectivity index (χ2n) is 5.39. The molecule has 5 rings (SSSR count). The van der Waals surface area contributed by atoms with E-state index in [1.807, 2.05) is 40.9 Å². The molecule has 0 unspecified atom stereocenters. The molecule has 0 saturated heterocycles. The summed E-state index contributed by atoms with van der Waals surface area (Å²) in [5.74, 6) is 3.08. The summed E-state index contributed by atoms with van der Waals surface area (Å²) in [7, 11) is 0. The van der Waals surface area contributed by atoms with E-state index in [0.29, 0.717) is 0 Å². The minimum absolute atomic E-state index is 0.269. The van der Waals surface area contributed by atoms with Crippen molar-refractivity contribution in [2.45, 2.75) is 10.6 Å². The molecule has 0 spiro atoms. The molecule has 0 N–H and O–H groups in total. The molecule has 2 aromatic heterocycles. The molecule has 2 aromatic carbocycles. The third-order valence-electron chi connectivity index (χ3n) is 3.79. The molecule has 0 bridgehead atoms. The summed E-state index contributed by atoms with van der Waals surface area (Å²) in [6, 6.07) is 16.1. The van der Waals surface area contributed by atoms with Gasteiger partial charge in [-0.25, -0.2) is 0 Å². The van der Waals surface area contributed by atoms with Crippen LogP contribution < -0.4 is 9.47 Å². The summed E-state index contributed by atoms with van der Waals surface area (Å²) in [5.41, 5.74) is 0.987. The van der Waals surface area contributed by atoms with Gasteiger partial charge in [0.15, 0.2) is 17.3 Å². The first kappa shape index (κ1) is 14.7. The van der Waals surface area contributed by atoms with Crippen LogP contribution in [0.2, 0.25) is 0 Å². The Hall–Kier alpha value is -2.58. The fourth-order valence-corrected chi connectivity index (χ4v) is 4.24. The molecule has 0 aliphatic carbocycles. The molecule has 1 aliphatic heterocycles. The van der Waals surface area contributed by atoms with Gasteiger partial charge in [-0.15, -0.1) is 22.0 Å². The molecule has 4 aromatic rings. The number of ether oxygens (including phenoxy) is 2. The average Bonchev–Trinajstić information content (AvgIpc) is 3.36. The van der Waals surface area contributed by atoms with Gasteiger partial charge in [-0.2, -0.15) is 9.61 Å². The van der Waals surface area contributed by atoms with Gasteiger partial charge in [0.05, 0.1) is 5.75 Å². The molecule has 8 heteroatoms. The molecule has 1 aliphatic rings. The minimum atomic E-state index is 0.269. The lowest BCUT2D eigenvalue weighted by molar-refractivity contribution is 0.174. The van der Waals surface area contributed by atoms with E-state index in [4.69, 9.17) is 9.47 Å². The van der Waals surface area contributed by atoms with Gasteiger partial charge in [-0.1, -0.05) is 29.5 Å². The van der Waals surface area contributed by atoms with E-state index in [0.717, 1.165) is 38.6 Å². The van der Waals surface area contributed by atoms with Crippen molar-refractivity contribution in [2.24, 2.45) is 0 Å². The van der Waals surface area contributed by atoms with Crippen LogP contribution in [0.15, 0.2) is 53.4 Å². The van der Waals surface area contributed by atoms with E-state index in [-0.39, 0.29) is 6.79 Å².